The molecule has 4 heteroatoms. The molecule has 3 nitrogen and oxygen atoms in total. The number of carbonyl (C=O) groups is 1. The van der Waals surface area contributed by atoms with Crippen LogP contribution in [0.25, 0.3) is 0 Å². The van der Waals surface area contributed by atoms with Crippen LogP contribution in [0.1, 0.15) is 51.6 Å². The van der Waals surface area contributed by atoms with Gasteiger partial charge >= 0.3 is 6.09 Å². The van der Waals surface area contributed by atoms with Gasteiger partial charge in [0.15, 0.2) is 0 Å². The Labute approximate surface area is 130 Å². The molecule has 1 amide bonds. The van der Waals surface area contributed by atoms with Crippen molar-refractivity contribution in [2.24, 2.45) is 0 Å². The van der Waals surface area contributed by atoms with Gasteiger partial charge in [0, 0.05) is 5.33 Å². The number of hydrogen-bond acceptors (Lipinski definition) is 2. The van der Waals surface area contributed by atoms with Crippen LogP contribution in [0.2, 0.25) is 0 Å². The molecule has 112 valence electrons. The molecule has 0 fully saturated rings. The van der Waals surface area contributed by atoms with E-state index in [0.29, 0.717) is 0 Å². The van der Waals surface area contributed by atoms with Crippen LogP contribution < -0.4 is 5.32 Å². The molecule has 1 atom stereocenters. The summed E-state index contributed by atoms with van der Waals surface area (Å²) < 4.78 is 5.34. The van der Waals surface area contributed by atoms with Gasteiger partial charge in [-0.25, -0.2) is 4.79 Å². The van der Waals surface area contributed by atoms with Gasteiger partial charge in [-0.2, -0.15) is 0 Å². The summed E-state index contributed by atoms with van der Waals surface area (Å²) in [6.07, 6.45) is 2.71. The van der Waals surface area contributed by atoms with E-state index in [1.165, 1.54) is 0 Å². The van der Waals surface area contributed by atoms with Crippen molar-refractivity contribution in [3.63, 3.8) is 0 Å². The average Bonchev–Trinajstić information content (AvgIpc) is 2.37. The first kappa shape index (κ1) is 17.0. The summed E-state index contributed by atoms with van der Waals surface area (Å²) in [4.78, 5) is 11.9. The van der Waals surface area contributed by atoms with Crippen LogP contribution in [-0.2, 0) is 4.74 Å². The molecule has 0 heterocycles. The first-order valence-electron chi connectivity index (χ1n) is 7.03. The number of benzene rings is 1. The highest BCUT2D eigenvalue weighted by Gasteiger charge is 2.20. The predicted octanol–water partition coefficient (Wildman–Crippen LogP) is 4.82. The van der Waals surface area contributed by atoms with E-state index in [1.54, 1.807) is 0 Å². The first-order valence-corrected chi connectivity index (χ1v) is 8.15. The smallest absolute Gasteiger partial charge is 0.408 e. The number of halogens is 1. The molecule has 1 aromatic rings. The number of alkyl carbamates (subject to hydrolysis) is 1. The molecule has 0 saturated heterocycles. The van der Waals surface area contributed by atoms with Gasteiger partial charge in [-0.05, 0) is 39.2 Å². The van der Waals surface area contributed by atoms with Crippen molar-refractivity contribution in [2.45, 2.75) is 51.7 Å². The third kappa shape index (κ3) is 6.94. The van der Waals surface area contributed by atoms with Crippen molar-refractivity contribution >= 4 is 22.0 Å². The van der Waals surface area contributed by atoms with E-state index in [-0.39, 0.29) is 12.1 Å². The van der Waals surface area contributed by atoms with Crippen LogP contribution in [0, 0.1) is 0 Å². The van der Waals surface area contributed by atoms with Gasteiger partial charge in [0.25, 0.3) is 0 Å². The fraction of sp³-hybridized carbons (Fsp3) is 0.562. The molecule has 0 bridgehead atoms. The summed E-state index contributed by atoms with van der Waals surface area (Å²) in [5.41, 5.74) is 0.647. The highest BCUT2D eigenvalue weighted by atomic mass is 79.9. The number of alkyl halides is 1. The lowest BCUT2D eigenvalue weighted by molar-refractivity contribution is 0.0500. The van der Waals surface area contributed by atoms with Crippen LogP contribution in [0.4, 0.5) is 4.79 Å². The Morgan fingerprint density at radius 3 is 2.45 bits per heavy atom. The third-order valence-corrected chi connectivity index (χ3v) is 3.33. The zero-order valence-corrected chi connectivity index (χ0v) is 14.1. The molecule has 0 aliphatic rings. The molecule has 20 heavy (non-hydrogen) atoms. The predicted molar refractivity (Wildman–Crippen MR) is 86.2 cm³/mol. The van der Waals surface area contributed by atoms with Gasteiger partial charge in [-0.15, -0.1) is 0 Å². The van der Waals surface area contributed by atoms with Crippen molar-refractivity contribution < 1.29 is 9.53 Å². The molecule has 1 aromatic carbocycles. The van der Waals surface area contributed by atoms with Crippen LogP contribution in [0.5, 0.6) is 0 Å². The Hall–Kier alpha value is -1.03. The van der Waals surface area contributed by atoms with Crippen molar-refractivity contribution in [3.05, 3.63) is 35.9 Å². The quantitative estimate of drug-likeness (QED) is 0.595. The molecule has 0 aliphatic carbocycles. The molecule has 0 aliphatic heterocycles. The standard InChI is InChI=1S/C16H24BrNO2/c1-16(2,3)20-15(19)18-14(11-7-8-12-17)13-9-5-4-6-10-13/h4-6,9-10,14H,7-8,11-12H2,1-3H3,(H,18,19). The van der Waals surface area contributed by atoms with Crippen molar-refractivity contribution in [1.82, 2.24) is 5.32 Å². The van der Waals surface area contributed by atoms with Gasteiger partial charge in [-0.3, -0.25) is 0 Å². The lowest BCUT2D eigenvalue weighted by Crippen LogP contribution is -2.35. The van der Waals surface area contributed by atoms with E-state index >= 15 is 0 Å². The number of carbonyl (C=O) groups excluding carboxylic acids is 1. The average molecular weight is 342 g/mol. The normalized spacial score (nSPS) is 12.8. The van der Waals surface area contributed by atoms with Gasteiger partial charge in [0.1, 0.15) is 5.60 Å². The molecule has 0 aromatic heterocycles. The van der Waals surface area contributed by atoms with Crippen molar-refractivity contribution in [2.75, 3.05) is 5.33 Å². The summed E-state index contributed by atoms with van der Waals surface area (Å²) in [6.45, 7) is 5.61. The SMILES string of the molecule is CC(C)(C)OC(=O)NC(CCCCBr)c1ccccc1. The van der Waals surface area contributed by atoms with Gasteiger partial charge in [0.05, 0.1) is 6.04 Å². The van der Waals surface area contributed by atoms with Crippen molar-refractivity contribution in [3.8, 4) is 0 Å². The Balaban J connectivity index is 2.65. The monoisotopic (exact) mass is 341 g/mol. The van der Waals surface area contributed by atoms with Crippen LogP contribution in [-0.4, -0.2) is 17.0 Å². The Morgan fingerprint density at radius 1 is 1.25 bits per heavy atom. The second kappa shape index (κ2) is 8.30. The minimum atomic E-state index is -0.471. The topological polar surface area (TPSA) is 38.3 Å². The summed E-state index contributed by atoms with van der Waals surface area (Å²) in [5.74, 6) is 0. The summed E-state index contributed by atoms with van der Waals surface area (Å²) in [5, 5.41) is 3.96. The minimum absolute atomic E-state index is 0.00472. The molecule has 0 saturated carbocycles. The summed E-state index contributed by atoms with van der Waals surface area (Å²) in [6, 6.07) is 10.0. The number of unbranched alkanes of at least 4 members (excludes halogenated alkanes) is 1. The Kier molecular flexibility index (Phi) is 7.06. The zero-order valence-electron chi connectivity index (χ0n) is 12.5. The van der Waals surface area contributed by atoms with E-state index in [9.17, 15) is 4.79 Å². The molecule has 1 rings (SSSR count). The van der Waals surface area contributed by atoms with E-state index in [1.807, 2.05) is 51.1 Å². The second-order valence-electron chi connectivity index (χ2n) is 5.79. The lowest BCUT2D eigenvalue weighted by atomic mass is 10.0. The Bertz CT molecular complexity index is 401. The van der Waals surface area contributed by atoms with Gasteiger partial charge in [-0.1, -0.05) is 52.7 Å². The maximum absolute atomic E-state index is 11.9. The molecule has 0 spiro atoms. The van der Waals surface area contributed by atoms with E-state index in [4.69, 9.17) is 4.74 Å². The number of amides is 1. The van der Waals surface area contributed by atoms with Crippen LogP contribution in [0.15, 0.2) is 30.3 Å². The number of nitrogens with one attached hydrogen (secondary N) is 1. The van der Waals surface area contributed by atoms with Crippen LogP contribution >= 0.6 is 15.9 Å². The second-order valence-corrected chi connectivity index (χ2v) is 6.59. The van der Waals surface area contributed by atoms with Crippen LogP contribution in [0.3, 0.4) is 0 Å². The lowest BCUT2D eigenvalue weighted by Gasteiger charge is -2.24. The van der Waals surface area contributed by atoms with Crippen molar-refractivity contribution in [1.29, 1.82) is 0 Å². The zero-order chi connectivity index (χ0) is 15.0. The maximum Gasteiger partial charge on any atom is 0.408 e. The number of ether oxygens (including phenoxy) is 1. The molecule has 1 unspecified atom stereocenters. The van der Waals surface area contributed by atoms with Gasteiger partial charge < -0.3 is 10.1 Å². The fourth-order valence-electron chi connectivity index (χ4n) is 1.90. The van der Waals surface area contributed by atoms with E-state index < -0.39 is 5.60 Å². The van der Waals surface area contributed by atoms with Gasteiger partial charge in [0.2, 0.25) is 0 Å². The third-order valence-electron chi connectivity index (χ3n) is 2.77. The molecule has 0 radical (unpaired) electrons. The maximum atomic E-state index is 11.9. The molecule has 1 N–H and O–H groups in total. The summed E-state index contributed by atoms with van der Waals surface area (Å²) in [7, 11) is 0. The fourth-order valence-corrected chi connectivity index (χ4v) is 2.30. The van der Waals surface area contributed by atoms with E-state index in [0.717, 1.165) is 30.2 Å². The largest absolute Gasteiger partial charge is 0.444 e. The summed E-state index contributed by atoms with van der Waals surface area (Å²) >= 11 is 3.43. The van der Waals surface area contributed by atoms with E-state index in [2.05, 4.69) is 21.2 Å². The first-order chi connectivity index (χ1) is 9.42. The minimum Gasteiger partial charge on any atom is -0.444 e. The highest BCUT2D eigenvalue weighted by molar-refractivity contribution is 9.09. The molecular weight excluding hydrogens is 318 g/mol. The number of rotatable bonds is 6. The molecular formula is C16H24BrNO2. The highest BCUT2D eigenvalue weighted by Crippen LogP contribution is 2.20. The number of hydrogen-bond donors (Lipinski definition) is 1. The Morgan fingerprint density at radius 2 is 1.90 bits per heavy atom.